The Morgan fingerprint density at radius 3 is 2.67 bits per heavy atom. The first-order valence-corrected chi connectivity index (χ1v) is 11.5. The fourth-order valence-corrected chi connectivity index (χ4v) is 3.81. The van der Waals surface area contributed by atoms with E-state index in [0.29, 0.717) is 45.4 Å². The summed E-state index contributed by atoms with van der Waals surface area (Å²) in [5.74, 6) is 1.61. The molecule has 0 spiro atoms. The van der Waals surface area contributed by atoms with Gasteiger partial charge in [0.05, 0.1) is 18.0 Å². The zero-order valence-corrected chi connectivity index (χ0v) is 19.2. The molecule has 0 atom stereocenters. The van der Waals surface area contributed by atoms with Crippen molar-refractivity contribution in [3.05, 3.63) is 77.8 Å². The Morgan fingerprint density at radius 2 is 1.85 bits per heavy atom. The maximum Gasteiger partial charge on any atom is 0.234 e. The lowest BCUT2D eigenvalue weighted by Crippen LogP contribution is -2.15. The minimum atomic E-state index is -0.257. The lowest BCUT2D eigenvalue weighted by Gasteiger charge is -2.13. The van der Waals surface area contributed by atoms with E-state index in [1.165, 1.54) is 11.8 Å². The summed E-state index contributed by atoms with van der Waals surface area (Å²) in [4.78, 5) is 12.7. The maximum atomic E-state index is 12.7. The zero-order chi connectivity index (χ0) is 23.0. The summed E-state index contributed by atoms with van der Waals surface area (Å²) in [6.45, 7) is 2.42. The van der Waals surface area contributed by atoms with Gasteiger partial charge in [0.15, 0.2) is 5.75 Å². The fourth-order valence-electron chi connectivity index (χ4n) is 2.95. The van der Waals surface area contributed by atoms with Crippen LogP contribution in [0.5, 0.6) is 17.2 Å². The summed E-state index contributed by atoms with van der Waals surface area (Å²) in [7, 11) is 0. The number of amides is 1. The number of halogens is 1. The molecule has 33 heavy (non-hydrogen) atoms. The second-order valence-electron chi connectivity index (χ2n) is 6.67. The zero-order valence-electron chi connectivity index (χ0n) is 17.6. The number of ether oxygens (including phenoxy) is 2. The van der Waals surface area contributed by atoms with Gasteiger partial charge in [0.1, 0.15) is 17.2 Å². The largest absolute Gasteiger partial charge is 0.492 e. The number of tetrazole rings is 1. The standard InChI is InChI=1S/C23H20ClN5O3S/c1-2-31-21-11-7-6-10-19(21)29-23(26-27-28-29)33-15-22(30)25-18-14-16(24)12-13-20(18)32-17-8-4-3-5-9-17/h3-14H,2,15H2,1H3,(H,25,30). The van der Waals surface area contributed by atoms with E-state index in [1.807, 2.05) is 61.5 Å². The van der Waals surface area contributed by atoms with Gasteiger partial charge < -0.3 is 14.8 Å². The van der Waals surface area contributed by atoms with Crippen molar-refractivity contribution in [2.45, 2.75) is 12.1 Å². The van der Waals surface area contributed by atoms with Gasteiger partial charge in [0.25, 0.3) is 0 Å². The summed E-state index contributed by atoms with van der Waals surface area (Å²) in [6, 6.07) is 21.8. The van der Waals surface area contributed by atoms with Crippen LogP contribution in [0.15, 0.2) is 78.0 Å². The first kappa shape index (κ1) is 22.6. The molecule has 0 aliphatic carbocycles. The quantitative estimate of drug-likeness (QED) is 0.327. The number of carbonyl (C=O) groups excluding carboxylic acids is 1. The first-order chi connectivity index (χ1) is 16.1. The number of carbonyl (C=O) groups is 1. The third-order valence-corrected chi connectivity index (χ3v) is 5.51. The average Bonchev–Trinajstić information content (AvgIpc) is 3.29. The van der Waals surface area contributed by atoms with E-state index in [9.17, 15) is 4.79 Å². The molecule has 1 heterocycles. The highest BCUT2D eigenvalue weighted by Crippen LogP contribution is 2.32. The van der Waals surface area contributed by atoms with Gasteiger partial charge in [-0.15, -0.1) is 5.10 Å². The second-order valence-corrected chi connectivity index (χ2v) is 8.05. The van der Waals surface area contributed by atoms with Crippen LogP contribution >= 0.6 is 23.4 Å². The van der Waals surface area contributed by atoms with Gasteiger partial charge in [-0.25, -0.2) is 0 Å². The minimum absolute atomic E-state index is 0.0778. The molecule has 1 aromatic heterocycles. The Hall–Kier alpha value is -3.56. The monoisotopic (exact) mass is 481 g/mol. The molecule has 0 saturated carbocycles. The van der Waals surface area contributed by atoms with E-state index in [-0.39, 0.29) is 11.7 Å². The molecule has 0 radical (unpaired) electrons. The topological polar surface area (TPSA) is 91.2 Å². The average molecular weight is 482 g/mol. The molecule has 0 aliphatic heterocycles. The van der Waals surface area contributed by atoms with Crippen LogP contribution in [0.3, 0.4) is 0 Å². The molecular weight excluding hydrogens is 462 g/mol. The van der Waals surface area contributed by atoms with Crippen molar-refractivity contribution in [2.24, 2.45) is 0 Å². The molecule has 4 aromatic rings. The third kappa shape index (κ3) is 5.82. The molecule has 0 bridgehead atoms. The molecule has 0 unspecified atom stereocenters. The summed E-state index contributed by atoms with van der Waals surface area (Å²) in [5.41, 5.74) is 1.17. The van der Waals surface area contributed by atoms with Crippen LogP contribution in [0.25, 0.3) is 5.69 Å². The van der Waals surface area contributed by atoms with E-state index in [1.54, 1.807) is 22.9 Å². The molecule has 1 N–H and O–H groups in total. The molecule has 8 nitrogen and oxygen atoms in total. The highest BCUT2D eigenvalue weighted by Gasteiger charge is 2.16. The summed E-state index contributed by atoms with van der Waals surface area (Å²) < 4.78 is 13.1. The summed E-state index contributed by atoms with van der Waals surface area (Å²) >= 11 is 7.34. The van der Waals surface area contributed by atoms with Crippen LogP contribution in [0, 0.1) is 0 Å². The van der Waals surface area contributed by atoms with Crippen LogP contribution in [0.4, 0.5) is 5.69 Å². The Morgan fingerprint density at radius 1 is 1.06 bits per heavy atom. The molecule has 4 rings (SSSR count). The van der Waals surface area contributed by atoms with Crippen LogP contribution in [0.2, 0.25) is 5.02 Å². The van der Waals surface area contributed by atoms with Gasteiger partial charge in [0.2, 0.25) is 11.1 Å². The number of rotatable bonds is 9. The number of nitrogens with zero attached hydrogens (tertiary/aromatic N) is 4. The number of anilines is 1. The molecule has 0 saturated heterocycles. The molecular formula is C23H20ClN5O3S. The van der Waals surface area contributed by atoms with E-state index in [0.717, 1.165) is 0 Å². The molecule has 168 valence electrons. The summed E-state index contributed by atoms with van der Waals surface area (Å²) in [6.07, 6.45) is 0. The maximum absolute atomic E-state index is 12.7. The van der Waals surface area contributed by atoms with Crippen LogP contribution < -0.4 is 14.8 Å². The SMILES string of the molecule is CCOc1ccccc1-n1nnnc1SCC(=O)Nc1cc(Cl)ccc1Oc1ccccc1. The fraction of sp³-hybridized carbons (Fsp3) is 0.130. The van der Waals surface area contributed by atoms with Crippen molar-refractivity contribution in [3.8, 4) is 22.9 Å². The van der Waals surface area contributed by atoms with Crippen LogP contribution in [-0.4, -0.2) is 38.5 Å². The predicted molar refractivity (Wildman–Crippen MR) is 128 cm³/mol. The Bertz CT molecular complexity index is 1240. The predicted octanol–water partition coefficient (Wildman–Crippen LogP) is 5.24. The number of hydrogen-bond donors (Lipinski definition) is 1. The van der Waals surface area contributed by atoms with Crippen molar-refractivity contribution >= 4 is 35.0 Å². The van der Waals surface area contributed by atoms with E-state index in [2.05, 4.69) is 20.8 Å². The highest BCUT2D eigenvalue weighted by atomic mass is 35.5. The number of thioether (sulfide) groups is 1. The van der Waals surface area contributed by atoms with Crippen molar-refractivity contribution in [1.29, 1.82) is 0 Å². The number of benzene rings is 3. The van der Waals surface area contributed by atoms with Gasteiger partial charge >= 0.3 is 0 Å². The smallest absolute Gasteiger partial charge is 0.234 e. The Balaban J connectivity index is 1.46. The Kier molecular flexibility index (Phi) is 7.43. The van der Waals surface area contributed by atoms with Crippen molar-refractivity contribution in [2.75, 3.05) is 17.7 Å². The third-order valence-electron chi connectivity index (χ3n) is 4.35. The number of aromatic nitrogens is 4. The molecule has 3 aromatic carbocycles. The summed E-state index contributed by atoms with van der Waals surface area (Å²) in [5, 5.41) is 15.6. The first-order valence-electron chi connectivity index (χ1n) is 10.1. The lowest BCUT2D eigenvalue weighted by atomic mass is 10.3. The van der Waals surface area contributed by atoms with Gasteiger partial charge in [0, 0.05) is 5.02 Å². The van der Waals surface area contributed by atoms with E-state index in [4.69, 9.17) is 21.1 Å². The van der Waals surface area contributed by atoms with E-state index >= 15 is 0 Å². The van der Waals surface area contributed by atoms with Gasteiger partial charge in [-0.1, -0.05) is 53.7 Å². The van der Waals surface area contributed by atoms with E-state index < -0.39 is 0 Å². The van der Waals surface area contributed by atoms with Crippen LogP contribution in [0.1, 0.15) is 6.92 Å². The van der Waals surface area contributed by atoms with Crippen molar-refractivity contribution in [3.63, 3.8) is 0 Å². The highest BCUT2D eigenvalue weighted by molar-refractivity contribution is 7.99. The van der Waals surface area contributed by atoms with Gasteiger partial charge in [-0.2, -0.15) is 4.68 Å². The van der Waals surface area contributed by atoms with Crippen molar-refractivity contribution < 1.29 is 14.3 Å². The van der Waals surface area contributed by atoms with Crippen LogP contribution in [-0.2, 0) is 4.79 Å². The van der Waals surface area contributed by atoms with Gasteiger partial charge in [-0.05, 0) is 59.8 Å². The Labute approximate surface area is 199 Å². The van der Waals surface area contributed by atoms with Crippen molar-refractivity contribution in [1.82, 2.24) is 20.2 Å². The minimum Gasteiger partial charge on any atom is -0.492 e. The molecule has 1 amide bonds. The number of para-hydroxylation sites is 3. The second kappa shape index (κ2) is 10.8. The van der Waals surface area contributed by atoms with Gasteiger partial charge in [-0.3, -0.25) is 4.79 Å². The normalized spacial score (nSPS) is 10.6. The molecule has 0 fully saturated rings. The molecule has 0 aliphatic rings. The molecule has 10 heteroatoms. The number of nitrogens with one attached hydrogen (secondary N) is 1. The lowest BCUT2D eigenvalue weighted by molar-refractivity contribution is -0.113. The number of hydrogen-bond acceptors (Lipinski definition) is 7.